The zero-order chi connectivity index (χ0) is 25.8. The number of nitrogens with one attached hydrogen (secondary N) is 3. The van der Waals surface area contributed by atoms with Crippen LogP contribution in [0.1, 0.15) is 28.5 Å². The molecule has 2 aromatic carbocycles. The lowest BCUT2D eigenvalue weighted by Gasteiger charge is -2.28. The number of aromatic nitrogens is 2. The molecule has 11 nitrogen and oxygen atoms in total. The zero-order valence-electron chi connectivity index (χ0n) is 19.0. The molecule has 36 heavy (non-hydrogen) atoms. The molecule has 13 heteroatoms. The molecule has 3 aromatic rings. The number of nitrogens with zero attached hydrogens (tertiary/aromatic N) is 5. The summed E-state index contributed by atoms with van der Waals surface area (Å²) in [4.78, 5) is 27.4. The molecule has 0 saturated heterocycles. The first kappa shape index (κ1) is 25.0. The summed E-state index contributed by atoms with van der Waals surface area (Å²) in [6.07, 6.45) is 0. The normalized spacial score (nSPS) is 12.3. The molecule has 1 aliphatic rings. The summed E-state index contributed by atoms with van der Waals surface area (Å²) in [5.41, 5.74) is 11.5. The van der Waals surface area contributed by atoms with Gasteiger partial charge in [0.05, 0.1) is 41.5 Å². The summed E-state index contributed by atoms with van der Waals surface area (Å²) in [6, 6.07) is 11.2. The molecule has 0 saturated carbocycles. The van der Waals surface area contributed by atoms with E-state index in [9.17, 15) is 9.59 Å². The quantitative estimate of drug-likeness (QED) is 0.310. The van der Waals surface area contributed by atoms with E-state index in [1.54, 1.807) is 28.9 Å². The molecular weight excluding hydrogens is 507 g/mol. The van der Waals surface area contributed by atoms with Gasteiger partial charge >= 0.3 is 6.03 Å². The molecule has 3 N–H and O–H groups in total. The van der Waals surface area contributed by atoms with E-state index in [0.29, 0.717) is 58.7 Å². The Labute approximate surface area is 216 Å². The van der Waals surface area contributed by atoms with Gasteiger partial charge in [-0.15, -0.1) is 0 Å². The molecule has 0 aliphatic carbocycles. The van der Waals surface area contributed by atoms with Crippen LogP contribution in [0.15, 0.2) is 41.6 Å². The van der Waals surface area contributed by atoms with Crippen LogP contribution in [0.3, 0.4) is 0 Å². The number of fused-ring (bicyclic) bond motifs is 1. The summed E-state index contributed by atoms with van der Waals surface area (Å²) in [6.45, 7) is 3.00. The van der Waals surface area contributed by atoms with E-state index in [1.807, 2.05) is 13.0 Å². The van der Waals surface area contributed by atoms with Gasteiger partial charge in [-0.2, -0.15) is 15.9 Å². The summed E-state index contributed by atoms with van der Waals surface area (Å²) in [5, 5.41) is 20.0. The Morgan fingerprint density at radius 3 is 2.75 bits per heavy atom. The van der Waals surface area contributed by atoms with Crippen molar-refractivity contribution >= 4 is 40.8 Å². The van der Waals surface area contributed by atoms with Gasteiger partial charge in [-0.1, -0.05) is 28.4 Å². The number of ether oxygens (including phenoxy) is 1. The molecule has 1 aliphatic heterocycles. The van der Waals surface area contributed by atoms with E-state index in [-0.39, 0.29) is 17.1 Å². The number of hydrogen-bond acceptors (Lipinski definition) is 7. The smallest absolute Gasteiger partial charge is 0.322 e. The maximum Gasteiger partial charge on any atom is 0.322 e. The third-order valence-electron chi connectivity index (χ3n) is 5.45. The maximum absolute atomic E-state index is 13.0. The van der Waals surface area contributed by atoms with Gasteiger partial charge in [0.1, 0.15) is 17.5 Å². The van der Waals surface area contributed by atoms with Crippen molar-refractivity contribution in [3.05, 3.63) is 63.3 Å². The Balaban J connectivity index is 1.67. The first-order valence-corrected chi connectivity index (χ1v) is 11.6. The highest BCUT2D eigenvalue weighted by Crippen LogP contribution is 2.33. The first-order valence-electron chi connectivity index (χ1n) is 10.8. The third kappa shape index (κ3) is 5.10. The standard InChI is InChI=1S/C23H20Cl2N8O3/c1-2-36-17-8-14(7-15(24)9-17)21-20(22(34)29-31-27)19-12-32(5-6-33(19)30-21)23(35)28-16-4-3-13(11-26)18(25)10-16/h3-4,7-10H,2,5-6,12H2,1H3,(H,28,35)(H2,27,29,34). The van der Waals surface area contributed by atoms with Gasteiger partial charge in [0.25, 0.3) is 5.91 Å². The van der Waals surface area contributed by atoms with Gasteiger partial charge in [0.15, 0.2) is 0 Å². The fourth-order valence-corrected chi connectivity index (χ4v) is 4.32. The molecule has 0 bridgehead atoms. The lowest BCUT2D eigenvalue weighted by Crippen LogP contribution is -2.41. The molecule has 0 spiro atoms. The Bertz CT molecular complexity index is 1400. The Kier molecular flexibility index (Phi) is 7.38. The van der Waals surface area contributed by atoms with Crippen LogP contribution in [-0.2, 0) is 13.1 Å². The SMILES string of the molecule is CCOc1cc(Cl)cc(-c2nn3c(c2C(=O)NN=N)CN(C(=O)Nc2ccc(C#N)c(Cl)c2)CC3)c1. The van der Waals surface area contributed by atoms with E-state index >= 15 is 0 Å². The van der Waals surface area contributed by atoms with Crippen LogP contribution < -0.4 is 15.5 Å². The summed E-state index contributed by atoms with van der Waals surface area (Å²) >= 11 is 12.3. The number of hydrogen-bond donors (Lipinski definition) is 3. The highest BCUT2D eigenvalue weighted by Gasteiger charge is 2.31. The largest absolute Gasteiger partial charge is 0.494 e. The monoisotopic (exact) mass is 526 g/mol. The summed E-state index contributed by atoms with van der Waals surface area (Å²) in [7, 11) is 0. The third-order valence-corrected chi connectivity index (χ3v) is 5.98. The molecule has 3 amide bonds. The number of urea groups is 1. The highest BCUT2D eigenvalue weighted by molar-refractivity contribution is 6.32. The molecule has 0 fully saturated rings. The van der Waals surface area contributed by atoms with Crippen LogP contribution >= 0.6 is 23.2 Å². The second-order valence-corrected chi connectivity index (χ2v) is 8.56. The van der Waals surface area contributed by atoms with E-state index in [2.05, 4.69) is 21.1 Å². The predicted octanol–water partition coefficient (Wildman–Crippen LogP) is 4.85. The van der Waals surface area contributed by atoms with Crippen LogP contribution in [0, 0.1) is 16.9 Å². The van der Waals surface area contributed by atoms with Gasteiger partial charge in [0.2, 0.25) is 0 Å². The maximum atomic E-state index is 13.0. The van der Waals surface area contributed by atoms with Crippen molar-refractivity contribution in [3.63, 3.8) is 0 Å². The second-order valence-electron chi connectivity index (χ2n) is 7.71. The first-order chi connectivity index (χ1) is 17.3. The van der Waals surface area contributed by atoms with Gasteiger partial charge < -0.3 is 15.0 Å². The minimum absolute atomic E-state index is 0.0719. The Morgan fingerprint density at radius 1 is 1.25 bits per heavy atom. The van der Waals surface area contributed by atoms with Gasteiger partial charge in [0, 0.05) is 22.8 Å². The lowest BCUT2D eigenvalue weighted by atomic mass is 10.0. The van der Waals surface area contributed by atoms with Crippen LogP contribution in [-0.4, -0.2) is 39.8 Å². The molecule has 4 rings (SSSR count). The minimum atomic E-state index is -0.639. The number of nitriles is 1. The van der Waals surface area contributed by atoms with Gasteiger partial charge in [-0.25, -0.2) is 10.2 Å². The molecule has 1 aromatic heterocycles. The summed E-state index contributed by atoms with van der Waals surface area (Å²) < 4.78 is 7.22. The number of anilines is 1. The van der Waals surface area contributed by atoms with E-state index < -0.39 is 11.9 Å². The van der Waals surface area contributed by atoms with Crippen molar-refractivity contribution in [2.24, 2.45) is 5.22 Å². The number of amides is 3. The molecule has 0 unspecified atom stereocenters. The van der Waals surface area contributed by atoms with Crippen molar-refractivity contribution in [1.82, 2.24) is 20.1 Å². The molecular formula is C23H20Cl2N8O3. The molecule has 0 atom stereocenters. The van der Waals surface area contributed by atoms with Gasteiger partial charge in [-0.3, -0.25) is 9.48 Å². The molecule has 0 radical (unpaired) electrons. The number of halogens is 2. The van der Waals surface area contributed by atoms with Gasteiger partial charge in [-0.05, 0) is 43.3 Å². The van der Waals surface area contributed by atoms with Crippen molar-refractivity contribution in [3.8, 4) is 23.1 Å². The highest BCUT2D eigenvalue weighted by atomic mass is 35.5. The molecule has 184 valence electrons. The number of rotatable bonds is 6. The average molecular weight is 527 g/mol. The lowest BCUT2D eigenvalue weighted by molar-refractivity contribution is 0.0947. The van der Waals surface area contributed by atoms with Crippen molar-refractivity contribution in [2.45, 2.75) is 20.0 Å². The van der Waals surface area contributed by atoms with E-state index in [0.717, 1.165) is 0 Å². The Morgan fingerprint density at radius 2 is 2.06 bits per heavy atom. The van der Waals surface area contributed by atoms with Crippen molar-refractivity contribution < 1.29 is 14.3 Å². The van der Waals surface area contributed by atoms with Crippen LogP contribution in [0.25, 0.3) is 11.3 Å². The Hall–Kier alpha value is -4.14. The number of benzene rings is 2. The predicted molar refractivity (Wildman–Crippen MR) is 132 cm³/mol. The minimum Gasteiger partial charge on any atom is -0.494 e. The van der Waals surface area contributed by atoms with Crippen LogP contribution in [0.5, 0.6) is 5.75 Å². The fourth-order valence-electron chi connectivity index (χ4n) is 3.87. The van der Waals surface area contributed by atoms with Crippen molar-refractivity contribution in [1.29, 1.82) is 10.8 Å². The topological polar surface area (TPSA) is 148 Å². The van der Waals surface area contributed by atoms with E-state index in [1.165, 1.54) is 17.0 Å². The van der Waals surface area contributed by atoms with E-state index in [4.69, 9.17) is 38.7 Å². The van der Waals surface area contributed by atoms with Crippen LogP contribution in [0.4, 0.5) is 10.5 Å². The molecule has 2 heterocycles. The second kappa shape index (κ2) is 10.6. The average Bonchev–Trinajstić information content (AvgIpc) is 3.23. The van der Waals surface area contributed by atoms with Crippen molar-refractivity contribution in [2.75, 3.05) is 18.5 Å². The number of carbonyl (C=O) groups excluding carboxylic acids is 2. The summed E-state index contributed by atoms with van der Waals surface area (Å²) in [5.74, 6) is -0.120. The van der Waals surface area contributed by atoms with Crippen LogP contribution in [0.2, 0.25) is 10.0 Å². The fraction of sp³-hybridized carbons (Fsp3) is 0.217. The zero-order valence-corrected chi connectivity index (χ0v) is 20.5. The number of carbonyl (C=O) groups is 2.